The number of rotatable bonds is 3. The largest absolute Gasteiger partial charge is 0.369 e. The molecule has 2 atom stereocenters. The number of benzene rings is 1. The second kappa shape index (κ2) is 8.20. The number of nitrogens with zero attached hydrogens (tertiary/aromatic N) is 5. The van der Waals surface area contributed by atoms with Crippen LogP contribution in [0.3, 0.4) is 0 Å². The van der Waals surface area contributed by atoms with Crippen LogP contribution >= 0.6 is 0 Å². The molecule has 1 N–H and O–H groups in total. The predicted molar refractivity (Wildman–Crippen MR) is 106 cm³/mol. The minimum absolute atomic E-state index is 0.0543. The van der Waals surface area contributed by atoms with Crippen molar-refractivity contribution in [3.05, 3.63) is 29.3 Å². The van der Waals surface area contributed by atoms with Gasteiger partial charge in [-0.15, -0.1) is 0 Å². The molecular formula is C21H24N6O2. The van der Waals surface area contributed by atoms with E-state index >= 15 is 0 Å². The molecule has 1 aromatic rings. The summed E-state index contributed by atoms with van der Waals surface area (Å²) in [7, 11) is 0. The van der Waals surface area contributed by atoms with E-state index in [1.165, 1.54) is 0 Å². The molecule has 3 aliphatic heterocycles. The molecule has 3 fully saturated rings. The van der Waals surface area contributed by atoms with Crippen LogP contribution in [0, 0.1) is 22.7 Å². The number of piperazine rings is 1. The maximum absolute atomic E-state index is 12.6. The van der Waals surface area contributed by atoms with Gasteiger partial charge in [-0.25, -0.2) is 0 Å². The van der Waals surface area contributed by atoms with Crippen LogP contribution in [-0.2, 0) is 9.59 Å². The quantitative estimate of drug-likeness (QED) is 0.777. The number of carbonyl (C=O) groups is 2. The topological polar surface area (TPSA) is 103 Å². The normalized spacial score (nSPS) is 25.1. The van der Waals surface area contributed by atoms with Gasteiger partial charge in [-0.05, 0) is 24.6 Å². The molecule has 1 aromatic carbocycles. The molecular weight excluding hydrogens is 368 g/mol. The molecule has 0 radical (unpaired) electrons. The highest BCUT2D eigenvalue weighted by atomic mass is 16.2. The molecule has 0 unspecified atom stereocenters. The third kappa shape index (κ3) is 3.95. The van der Waals surface area contributed by atoms with E-state index in [4.69, 9.17) is 5.26 Å². The zero-order valence-electron chi connectivity index (χ0n) is 16.3. The fraction of sp³-hybridized carbons (Fsp3) is 0.524. The summed E-state index contributed by atoms with van der Waals surface area (Å²) >= 11 is 0. The summed E-state index contributed by atoms with van der Waals surface area (Å²) in [4.78, 5) is 30.4. The summed E-state index contributed by atoms with van der Waals surface area (Å²) in [6.45, 7) is 5.05. The molecule has 8 heteroatoms. The lowest BCUT2D eigenvalue weighted by molar-refractivity contribution is -0.133. The molecule has 0 saturated carbocycles. The average Bonchev–Trinajstić information content (AvgIpc) is 3.42. The predicted octanol–water partition coefficient (Wildman–Crippen LogP) is 0.0839. The van der Waals surface area contributed by atoms with Gasteiger partial charge >= 0.3 is 0 Å². The van der Waals surface area contributed by atoms with Crippen LogP contribution in [0.25, 0.3) is 0 Å². The second-order valence-electron chi connectivity index (χ2n) is 7.88. The molecule has 0 aromatic heterocycles. The van der Waals surface area contributed by atoms with Gasteiger partial charge in [0.2, 0.25) is 5.91 Å². The van der Waals surface area contributed by atoms with Gasteiger partial charge in [0, 0.05) is 57.4 Å². The number of likely N-dealkylation sites (tertiary alicyclic amines) is 1. The smallest absolute Gasteiger partial charge is 0.240 e. The third-order valence-electron chi connectivity index (χ3n) is 6.19. The summed E-state index contributed by atoms with van der Waals surface area (Å²) in [5, 5.41) is 21.7. The minimum atomic E-state index is -0.194. The van der Waals surface area contributed by atoms with E-state index in [2.05, 4.69) is 27.3 Å². The van der Waals surface area contributed by atoms with Crippen LogP contribution in [0.5, 0.6) is 0 Å². The Kier molecular flexibility index (Phi) is 5.48. The number of nitriles is 2. The molecule has 3 heterocycles. The molecule has 1 amide bonds. The molecule has 0 bridgehead atoms. The third-order valence-corrected chi connectivity index (χ3v) is 6.19. The van der Waals surface area contributed by atoms with E-state index in [0.29, 0.717) is 30.1 Å². The number of amides is 1. The van der Waals surface area contributed by atoms with Crippen molar-refractivity contribution in [1.29, 1.82) is 10.5 Å². The number of hydrogen-bond acceptors (Lipinski definition) is 7. The van der Waals surface area contributed by atoms with E-state index < -0.39 is 0 Å². The average molecular weight is 392 g/mol. The first-order chi connectivity index (χ1) is 14.1. The van der Waals surface area contributed by atoms with Gasteiger partial charge in [-0.2, -0.15) is 10.5 Å². The number of ketones is 1. The Balaban J connectivity index is 1.31. The molecule has 4 rings (SSSR count). The van der Waals surface area contributed by atoms with Crippen LogP contribution < -0.4 is 10.2 Å². The van der Waals surface area contributed by atoms with Gasteiger partial charge in [0.15, 0.2) is 5.78 Å². The van der Waals surface area contributed by atoms with Crippen molar-refractivity contribution in [2.45, 2.75) is 24.9 Å². The van der Waals surface area contributed by atoms with Gasteiger partial charge in [-0.3, -0.25) is 14.5 Å². The standard InChI is InChI=1S/C21H24N6O2/c22-11-15-1-2-17(9-16(15)12-23)25-5-7-26(8-6-25)18-10-20(24-13-18)21(29)27-4-3-19(28)14-27/h1-2,9,18,20,24H,3-8,10,13-14H2/t18-,20-/m0/s1. The highest BCUT2D eigenvalue weighted by molar-refractivity contribution is 5.91. The molecule has 0 aliphatic carbocycles. The Bertz CT molecular complexity index is 893. The molecule has 0 spiro atoms. The summed E-state index contributed by atoms with van der Waals surface area (Å²) in [5.41, 5.74) is 1.79. The van der Waals surface area contributed by atoms with Gasteiger partial charge < -0.3 is 15.1 Å². The first-order valence-electron chi connectivity index (χ1n) is 10.1. The first kappa shape index (κ1) is 19.4. The molecule has 8 nitrogen and oxygen atoms in total. The molecule has 3 aliphatic rings. The van der Waals surface area contributed by atoms with E-state index in [1.54, 1.807) is 17.0 Å². The Morgan fingerprint density at radius 1 is 1.07 bits per heavy atom. The van der Waals surface area contributed by atoms with Crippen molar-refractivity contribution in [3.8, 4) is 12.1 Å². The number of Topliss-reactive ketones (excluding diaryl/α,β-unsaturated/α-hetero) is 1. The lowest BCUT2D eigenvalue weighted by atomic mass is 10.1. The van der Waals surface area contributed by atoms with E-state index in [-0.39, 0.29) is 24.3 Å². The number of carbonyl (C=O) groups excluding carboxylic acids is 2. The lowest BCUT2D eigenvalue weighted by Crippen LogP contribution is -2.51. The fourth-order valence-corrected chi connectivity index (χ4v) is 4.49. The Hall–Kier alpha value is -2.94. The van der Waals surface area contributed by atoms with Gasteiger partial charge in [0.1, 0.15) is 12.1 Å². The van der Waals surface area contributed by atoms with Gasteiger partial charge in [0.05, 0.1) is 23.7 Å². The number of hydrogen-bond donors (Lipinski definition) is 1. The first-order valence-corrected chi connectivity index (χ1v) is 10.1. The van der Waals surface area contributed by atoms with Crippen molar-refractivity contribution < 1.29 is 9.59 Å². The van der Waals surface area contributed by atoms with Crippen LogP contribution in [0.1, 0.15) is 24.0 Å². The van der Waals surface area contributed by atoms with Crippen molar-refractivity contribution in [1.82, 2.24) is 15.1 Å². The maximum Gasteiger partial charge on any atom is 0.240 e. The minimum Gasteiger partial charge on any atom is -0.369 e. The highest BCUT2D eigenvalue weighted by Gasteiger charge is 2.37. The van der Waals surface area contributed by atoms with E-state index in [1.807, 2.05) is 6.07 Å². The number of anilines is 1. The van der Waals surface area contributed by atoms with E-state index in [9.17, 15) is 14.9 Å². The fourth-order valence-electron chi connectivity index (χ4n) is 4.49. The summed E-state index contributed by atoms with van der Waals surface area (Å²) in [6.07, 6.45) is 1.26. The monoisotopic (exact) mass is 392 g/mol. The Labute approximate surface area is 170 Å². The van der Waals surface area contributed by atoms with E-state index in [0.717, 1.165) is 44.8 Å². The van der Waals surface area contributed by atoms with Gasteiger partial charge in [0.25, 0.3) is 0 Å². The molecule has 29 heavy (non-hydrogen) atoms. The van der Waals surface area contributed by atoms with Crippen LogP contribution in [0.2, 0.25) is 0 Å². The number of nitrogens with one attached hydrogen (secondary N) is 1. The zero-order chi connectivity index (χ0) is 20.4. The molecule has 3 saturated heterocycles. The van der Waals surface area contributed by atoms with Crippen LogP contribution in [0.15, 0.2) is 18.2 Å². The van der Waals surface area contributed by atoms with Crippen molar-refractivity contribution in [3.63, 3.8) is 0 Å². The maximum atomic E-state index is 12.6. The van der Waals surface area contributed by atoms with Crippen molar-refractivity contribution >= 4 is 17.4 Å². The van der Waals surface area contributed by atoms with Crippen LogP contribution in [-0.4, -0.2) is 79.4 Å². The second-order valence-corrected chi connectivity index (χ2v) is 7.88. The molecule has 150 valence electrons. The zero-order valence-corrected chi connectivity index (χ0v) is 16.3. The van der Waals surface area contributed by atoms with Crippen molar-refractivity contribution in [2.75, 3.05) is 50.7 Å². The SMILES string of the molecule is N#Cc1ccc(N2CCN([C@@H]3CN[C@H](C(=O)N4CCC(=O)C4)C3)CC2)cc1C#N. The van der Waals surface area contributed by atoms with Crippen molar-refractivity contribution in [2.24, 2.45) is 0 Å². The van der Waals surface area contributed by atoms with Crippen LogP contribution in [0.4, 0.5) is 5.69 Å². The summed E-state index contributed by atoms with van der Waals surface area (Å²) in [6, 6.07) is 9.67. The summed E-state index contributed by atoms with van der Waals surface area (Å²) in [5.74, 6) is 0.199. The summed E-state index contributed by atoms with van der Waals surface area (Å²) < 4.78 is 0. The highest BCUT2D eigenvalue weighted by Crippen LogP contribution is 2.23. The van der Waals surface area contributed by atoms with Gasteiger partial charge in [-0.1, -0.05) is 0 Å². The Morgan fingerprint density at radius 3 is 2.48 bits per heavy atom. The Morgan fingerprint density at radius 2 is 1.83 bits per heavy atom. The lowest BCUT2D eigenvalue weighted by Gasteiger charge is -2.39.